The number of esters is 3. The molecule has 0 aromatic heterocycles. The fourth-order valence-corrected chi connectivity index (χ4v) is 8.54. The summed E-state index contributed by atoms with van der Waals surface area (Å²) in [6.07, 6.45) is -3.52. The molecule has 0 heterocycles. The van der Waals surface area contributed by atoms with Crippen molar-refractivity contribution in [1.29, 1.82) is 5.41 Å². The van der Waals surface area contributed by atoms with Crippen LogP contribution in [-0.4, -0.2) is 65.9 Å². The molecular weight excluding hydrogens is 1140 g/mol. The minimum absolute atomic E-state index is 0.0171. The molecule has 0 saturated carbocycles. The van der Waals surface area contributed by atoms with E-state index in [1.54, 1.807) is 142 Å². The van der Waals surface area contributed by atoms with Crippen LogP contribution in [0.25, 0.3) is 11.1 Å². The number of halogens is 6. The Labute approximate surface area is 496 Å². The van der Waals surface area contributed by atoms with Gasteiger partial charge in [0.25, 0.3) is 0 Å². The summed E-state index contributed by atoms with van der Waals surface area (Å²) in [6, 6.07) is 38.8. The molecule has 87 heavy (non-hydrogen) atoms. The van der Waals surface area contributed by atoms with Crippen LogP contribution in [0.3, 0.4) is 0 Å². The van der Waals surface area contributed by atoms with Crippen LogP contribution in [0.15, 0.2) is 158 Å². The lowest BCUT2D eigenvalue weighted by atomic mass is 9.94. The molecule has 0 fully saturated rings. The van der Waals surface area contributed by atoms with Crippen LogP contribution in [0, 0.1) is 46.2 Å². The largest absolute Gasteiger partial charge is 0.489 e. The second-order valence-corrected chi connectivity index (χ2v) is 20.6. The Morgan fingerprint density at radius 3 is 1.52 bits per heavy atom. The van der Waals surface area contributed by atoms with Gasteiger partial charge in [0.1, 0.15) is 61.4 Å². The molecule has 7 aromatic carbocycles. The molecule has 0 radical (unpaired) electrons. The van der Waals surface area contributed by atoms with Gasteiger partial charge in [0, 0.05) is 19.4 Å². The molecule has 22 heteroatoms. The van der Waals surface area contributed by atoms with Crippen LogP contribution in [0.4, 0.5) is 35.9 Å². The second kappa shape index (κ2) is 30.7. The van der Waals surface area contributed by atoms with Crippen molar-refractivity contribution in [2.24, 2.45) is 5.92 Å². The number of benzene rings is 7. The maximum absolute atomic E-state index is 16.3. The van der Waals surface area contributed by atoms with Gasteiger partial charge in [0.2, 0.25) is 40.7 Å². The van der Waals surface area contributed by atoms with Gasteiger partial charge < -0.3 is 44.4 Å². The van der Waals surface area contributed by atoms with Gasteiger partial charge in [-0.2, -0.15) is 8.78 Å². The van der Waals surface area contributed by atoms with E-state index in [1.165, 1.54) is 30.3 Å². The standard InChI is InChI=1S/C65H60F6N4O12/c1-65(2,3)87-62(79)57(72)47(25-16-30-73-63(80)84-37-41-21-12-6-13-22-41)59(76)74-49(60(77)83-36-40-19-10-5-11-20-40)33-45-31-43(26-28-48(45)66)44-27-29-51(82-35-39-17-8-4-9-18-39)46(32-44)34-50(75-64(81)85-38-42-23-14-7-15-24-42)61(78)86-58-55(70)53(68)52(67)54(69)56(58)71/h4-15,17-24,26-29,31-32,47,49-50,72H,16,25,30,33-38H2,1-3H3,(H,73,80)(H,74,76)(H,75,81)/t47-,49?,50?/m1/s1. The molecule has 0 spiro atoms. The molecule has 0 aliphatic carbocycles. The zero-order chi connectivity index (χ0) is 62.6. The summed E-state index contributed by atoms with van der Waals surface area (Å²) < 4.78 is 122. The molecule has 3 amide bonds. The van der Waals surface area contributed by atoms with Crippen LogP contribution < -0.4 is 25.4 Å². The number of alkyl carbamates (subject to hydrolysis) is 2. The van der Waals surface area contributed by atoms with Gasteiger partial charge in [-0.25, -0.2) is 41.5 Å². The van der Waals surface area contributed by atoms with Crippen LogP contribution in [0.1, 0.15) is 67.0 Å². The molecule has 0 aliphatic heterocycles. The van der Waals surface area contributed by atoms with Crippen molar-refractivity contribution in [1.82, 2.24) is 16.0 Å². The number of ether oxygens (including phenoxy) is 6. The summed E-state index contributed by atoms with van der Waals surface area (Å²) in [6.45, 7) is 3.89. The number of hydrogen-bond acceptors (Lipinski definition) is 13. The van der Waals surface area contributed by atoms with Gasteiger partial charge in [-0.1, -0.05) is 133 Å². The fourth-order valence-electron chi connectivity index (χ4n) is 8.54. The Kier molecular flexibility index (Phi) is 22.8. The monoisotopic (exact) mass is 1200 g/mol. The lowest BCUT2D eigenvalue weighted by Crippen LogP contribution is -2.48. The average Bonchev–Trinajstić information content (AvgIpc) is 2.36. The van der Waals surface area contributed by atoms with Crippen LogP contribution in [0.2, 0.25) is 0 Å². The first-order chi connectivity index (χ1) is 41.6. The zero-order valence-corrected chi connectivity index (χ0v) is 47.3. The SMILES string of the molecule is CC(C)(C)OC(=O)C(=N)[C@@H](CCCNC(=O)OCc1ccccc1)C(=O)NC(Cc1cc(-c2ccc(OCc3ccccc3)c(CC(NC(=O)OCc3ccccc3)C(=O)Oc3c(F)c(F)c(F)c(F)c3F)c2)ccc1F)C(=O)OCc1ccccc1. The van der Waals surface area contributed by atoms with Gasteiger partial charge >= 0.3 is 30.1 Å². The van der Waals surface area contributed by atoms with Crippen molar-refractivity contribution in [3.05, 3.63) is 226 Å². The van der Waals surface area contributed by atoms with E-state index in [1.807, 2.05) is 0 Å². The molecule has 0 saturated heterocycles. The summed E-state index contributed by atoms with van der Waals surface area (Å²) >= 11 is 0. The molecule has 454 valence electrons. The summed E-state index contributed by atoms with van der Waals surface area (Å²) in [5.74, 6) is -21.5. The predicted molar refractivity (Wildman–Crippen MR) is 305 cm³/mol. The molecule has 0 bridgehead atoms. The first-order valence-electron chi connectivity index (χ1n) is 27.2. The van der Waals surface area contributed by atoms with E-state index in [0.29, 0.717) is 16.7 Å². The van der Waals surface area contributed by atoms with E-state index in [2.05, 4.69) is 16.0 Å². The third-order valence-corrected chi connectivity index (χ3v) is 12.9. The molecule has 3 atom stereocenters. The van der Waals surface area contributed by atoms with Gasteiger partial charge in [0.15, 0.2) is 0 Å². The summed E-state index contributed by atoms with van der Waals surface area (Å²) in [4.78, 5) is 81.9. The lowest BCUT2D eigenvalue weighted by Gasteiger charge is -2.25. The maximum Gasteiger partial charge on any atom is 0.408 e. The highest BCUT2D eigenvalue weighted by molar-refractivity contribution is 6.39. The second-order valence-electron chi connectivity index (χ2n) is 20.6. The normalized spacial score (nSPS) is 12.1. The molecule has 4 N–H and O–H groups in total. The lowest BCUT2D eigenvalue weighted by molar-refractivity contribution is -0.149. The maximum atomic E-state index is 16.3. The first kappa shape index (κ1) is 64.6. The summed E-state index contributed by atoms with van der Waals surface area (Å²) in [7, 11) is 0. The van der Waals surface area contributed by atoms with Crippen molar-refractivity contribution in [2.75, 3.05) is 6.54 Å². The average molecular weight is 1200 g/mol. The van der Waals surface area contributed by atoms with E-state index < -0.39 is 119 Å². The van der Waals surface area contributed by atoms with E-state index in [4.69, 9.17) is 33.8 Å². The quantitative estimate of drug-likeness (QED) is 0.00582. The third kappa shape index (κ3) is 19.0. The highest BCUT2D eigenvalue weighted by Crippen LogP contribution is 2.33. The van der Waals surface area contributed by atoms with Crippen LogP contribution in [-0.2, 0) is 77.4 Å². The fraction of sp³-hybridized carbons (Fsp3) is 0.246. The molecule has 16 nitrogen and oxygen atoms in total. The topological polar surface area (TPSA) is 218 Å². The third-order valence-electron chi connectivity index (χ3n) is 12.9. The minimum atomic E-state index is -2.52. The molecule has 0 aliphatic rings. The number of hydrogen-bond donors (Lipinski definition) is 4. The molecule has 2 unspecified atom stereocenters. The minimum Gasteiger partial charge on any atom is -0.489 e. The van der Waals surface area contributed by atoms with E-state index in [9.17, 15) is 50.7 Å². The molecule has 7 rings (SSSR count). The number of carbonyl (C=O) groups excluding carboxylic acids is 6. The summed E-state index contributed by atoms with van der Waals surface area (Å²) in [5.41, 5.74) is 0.981. The predicted octanol–water partition coefficient (Wildman–Crippen LogP) is 11.7. The van der Waals surface area contributed by atoms with E-state index in [0.717, 1.165) is 11.6 Å². The Balaban J connectivity index is 1.20. The highest BCUT2D eigenvalue weighted by Gasteiger charge is 2.36. The van der Waals surface area contributed by atoms with Crippen LogP contribution in [0.5, 0.6) is 11.5 Å². The Morgan fingerprint density at radius 2 is 0.977 bits per heavy atom. The van der Waals surface area contributed by atoms with Gasteiger partial charge in [-0.15, -0.1) is 0 Å². The van der Waals surface area contributed by atoms with Gasteiger partial charge in [0.05, 0.1) is 5.92 Å². The zero-order valence-electron chi connectivity index (χ0n) is 47.3. The number of rotatable bonds is 26. The molecular formula is C65H60F6N4O12. The van der Waals surface area contributed by atoms with E-state index in [-0.39, 0.29) is 73.8 Å². The highest BCUT2D eigenvalue weighted by atomic mass is 19.2. The van der Waals surface area contributed by atoms with Crippen molar-refractivity contribution >= 4 is 41.7 Å². The molecule has 7 aromatic rings. The van der Waals surface area contributed by atoms with E-state index >= 15 is 4.39 Å². The Hall–Kier alpha value is -9.99. The van der Waals surface area contributed by atoms with Crippen LogP contribution >= 0.6 is 0 Å². The van der Waals surface area contributed by atoms with Gasteiger partial charge in [-0.3, -0.25) is 10.2 Å². The van der Waals surface area contributed by atoms with Crippen molar-refractivity contribution in [3.63, 3.8) is 0 Å². The number of carbonyl (C=O) groups is 6. The Bertz CT molecular complexity index is 3530. The van der Waals surface area contributed by atoms with Crippen molar-refractivity contribution < 1.29 is 83.5 Å². The van der Waals surface area contributed by atoms with Crippen molar-refractivity contribution in [3.8, 4) is 22.6 Å². The van der Waals surface area contributed by atoms with Crippen molar-refractivity contribution in [2.45, 2.75) is 90.6 Å². The smallest absolute Gasteiger partial charge is 0.408 e. The van der Waals surface area contributed by atoms with Gasteiger partial charge in [-0.05, 0) is 102 Å². The number of nitrogens with one attached hydrogen (secondary N) is 4. The number of amides is 3. The summed E-state index contributed by atoms with van der Waals surface area (Å²) in [5, 5.41) is 16.2. The Morgan fingerprint density at radius 1 is 0.517 bits per heavy atom. The first-order valence-corrected chi connectivity index (χ1v) is 27.2.